The summed E-state index contributed by atoms with van der Waals surface area (Å²) in [5.41, 5.74) is 2.04. The van der Waals surface area contributed by atoms with Gasteiger partial charge >= 0.3 is 8.25 Å². The molecule has 112 valence electrons. The number of hydrogen-bond donors (Lipinski definition) is 1. The Bertz CT molecular complexity index is 838. The van der Waals surface area contributed by atoms with Crippen LogP contribution in [0.2, 0.25) is 0 Å². The zero-order chi connectivity index (χ0) is 15.5. The van der Waals surface area contributed by atoms with Crippen molar-refractivity contribution in [3.8, 4) is 11.3 Å². The van der Waals surface area contributed by atoms with Gasteiger partial charge in [0.2, 0.25) is 0 Å². The van der Waals surface area contributed by atoms with E-state index >= 15 is 0 Å². The van der Waals surface area contributed by atoms with Crippen LogP contribution in [0.5, 0.6) is 0 Å². The van der Waals surface area contributed by atoms with Gasteiger partial charge in [0.15, 0.2) is 5.78 Å². The Labute approximate surface area is 127 Å². The molecule has 0 saturated carbocycles. The second-order valence-corrected chi connectivity index (χ2v) is 5.53. The van der Waals surface area contributed by atoms with E-state index in [1.807, 2.05) is 36.4 Å². The smallest absolute Gasteiger partial charge is 0.317 e. The summed E-state index contributed by atoms with van der Waals surface area (Å²) >= 11 is 0. The molecule has 1 aromatic heterocycles. The van der Waals surface area contributed by atoms with E-state index in [-0.39, 0.29) is 5.78 Å². The molecule has 2 aromatic carbocycles. The molecule has 3 aromatic rings. The van der Waals surface area contributed by atoms with Crippen LogP contribution < -0.4 is 0 Å². The molecule has 22 heavy (non-hydrogen) atoms. The highest BCUT2D eigenvalue weighted by Gasteiger charge is 2.11. The number of rotatable bonds is 5. The monoisotopic (exact) mass is 316 g/mol. The van der Waals surface area contributed by atoms with Crippen molar-refractivity contribution in [3.63, 3.8) is 0 Å². The maximum Gasteiger partial charge on any atom is 0.317 e. The lowest BCUT2D eigenvalue weighted by Gasteiger charge is -2.00. The van der Waals surface area contributed by atoms with E-state index in [4.69, 9.17) is 9.31 Å². The van der Waals surface area contributed by atoms with Gasteiger partial charge in [-0.05, 0) is 24.3 Å². The fourth-order valence-electron chi connectivity index (χ4n) is 2.17. The molecule has 0 aliphatic carbocycles. The van der Waals surface area contributed by atoms with E-state index in [9.17, 15) is 9.36 Å². The second kappa shape index (κ2) is 6.28. The second-order valence-electron chi connectivity index (χ2n) is 4.71. The van der Waals surface area contributed by atoms with Crippen LogP contribution >= 0.6 is 8.25 Å². The average molecular weight is 316 g/mol. The largest absolute Gasteiger partial charge is 0.456 e. The number of furan rings is 1. The molecule has 0 aliphatic heterocycles. The molecule has 0 fully saturated rings. The lowest BCUT2D eigenvalue weighted by atomic mass is 10.1. The quantitative estimate of drug-likeness (QED) is 0.574. The average Bonchev–Trinajstić information content (AvgIpc) is 2.96. The van der Waals surface area contributed by atoms with E-state index in [0.717, 1.165) is 16.7 Å². The third-order valence-electron chi connectivity index (χ3n) is 3.22. The maximum absolute atomic E-state index is 11.9. The summed E-state index contributed by atoms with van der Waals surface area (Å²) in [5.74, 6) is 0.369. The fraction of sp³-hybridized carbons (Fsp3) is 0.0625. The fourth-order valence-corrected chi connectivity index (χ4v) is 2.43. The topological polar surface area (TPSA) is 76.7 Å². The van der Waals surface area contributed by atoms with E-state index in [0.29, 0.717) is 11.1 Å². The van der Waals surface area contributed by atoms with Crippen LogP contribution in [0.25, 0.3) is 22.3 Å². The van der Waals surface area contributed by atoms with Gasteiger partial charge in [-0.1, -0.05) is 30.3 Å². The molecule has 6 heteroatoms. The first-order valence-electron chi connectivity index (χ1n) is 6.61. The maximum atomic E-state index is 11.9. The van der Waals surface area contributed by atoms with Crippen molar-refractivity contribution in [1.29, 1.82) is 0 Å². The molecule has 5 nitrogen and oxygen atoms in total. The van der Waals surface area contributed by atoms with Gasteiger partial charge in [0.25, 0.3) is 0 Å². The van der Waals surface area contributed by atoms with Crippen LogP contribution in [0.3, 0.4) is 0 Å². The minimum Gasteiger partial charge on any atom is -0.456 e. The first kappa shape index (κ1) is 14.7. The number of Topliss-reactive ketones (excluding diaryl/α,β-unsaturated/α-hetero) is 1. The molecule has 0 aliphatic rings. The van der Waals surface area contributed by atoms with Crippen LogP contribution in [0.15, 0.2) is 59.0 Å². The molecule has 0 saturated heterocycles. The summed E-state index contributed by atoms with van der Waals surface area (Å²) < 4.78 is 20.7. The molecule has 0 radical (unpaired) electrons. The Balaban J connectivity index is 1.90. The highest BCUT2D eigenvalue weighted by Crippen LogP contribution is 2.28. The molecule has 3 rings (SSSR count). The van der Waals surface area contributed by atoms with Crippen LogP contribution in [0.4, 0.5) is 0 Å². The van der Waals surface area contributed by atoms with Gasteiger partial charge in [-0.25, -0.2) is 0 Å². The first-order chi connectivity index (χ1) is 10.6. The molecular weight excluding hydrogens is 303 g/mol. The lowest BCUT2D eigenvalue weighted by molar-refractivity contribution is 0.0917. The van der Waals surface area contributed by atoms with Crippen LogP contribution in [0.1, 0.15) is 10.4 Å². The third kappa shape index (κ3) is 3.17. The van der Waals surface area contributed by atoms with Crippen molar-refractivity contribution >= 4 is 25.0 Å². The first-order valence-corrected chi connectivity index (χ1v) is 7.88. The Morgan fingerprint density at radius 2 is 1.91 bits per heavy atom. The molecule has 1 unspecified atom stereocenters. The van der Waals surface area contributed by atoms with Crippen molar-refractivity contribution in [1.82, 2.24) is 0 Å². The Kier molecular flexibility index (Phi) is 4.20. The van der Waals surface area contributed by atoms with E-state index in [1.165, 1.54) is 0 Å². The minimum absolute atomic E-state index is 0.350. The molecule has 1 atom stereocenters. The number of benzene rings is 2. The Morgan fingerprint density at radius 3 is 2.64 bits per heavy atom. The summed E-state index contributed by atoms with van der Waals surface area (Å²) in [4.78, 5) is 20.5. The summed E-state index contributed by atoms with van der Waals surface area (Å²) in [6.07, 6.45) is 0. The highest BCUT2D eigenvalue weighted by molar-refractivity contribution is 7.32. The van der Waals surface area contributed by atoms with Crippen molar-refractivity contribution in [3.05, 3.63) is 60.2 Å². The molecule has 0 amide bonds. The van der Waals surface area contributed by atoms with Gasteiger partial charge in [0.1, 0.15) is 18.0 Å². The van der Waals surface area contributed by atoms with Crippen molar-refractivity contribution in [2.45, 2.75) is 0 Å². The van der Waals surface area contributed by atoms with Gasteiger partial charge in [0, 0.05) is 16.5 Å². The molecule has 1 N–H and O–H groups in total. The Morgan fingerprint density at radius 1 is 1.14 bits per heavy atom. The van der Waals surface area contributed by atoms with Gasteiger partial charge < -0.3 is 13.8 Å². The van der Waals surface area contributed by atoms with Crippen molar-refractivity contribution in [2.24, 2.45) is 0 Å². The normalized spacial score (nSPS) is 12.4. The summed E-state index contributed by atoms with van der Waals surface area (Å²) in [7, 11) is -3.10. The molecule has 1 heterocycles. The van der Waals surface area contributed by atoms with E-state index in [2.05, 4.69) is 4.52 Å². The van der Waals surface area contributed by atoms with Gasteiger partial charge in [-0.3, -0.25) is 9.36 Å². The zero-order valence-electron chi connectivity index (χ0n) is 11.5. The summed E-state index contributed by atoms with van der Waals surface area (Å²) in [5, 5.41) is 0.793. The number of fused-ring (bicyclic) bond motifs is 1. The van der Waals surface area contributed by atoms with Gasteiger partial charge in [-0.2, -0.15) is 0 Å². The third-order valence-corrected chi connectivity index (χ3v) is 3.61. The standard InChI is InChI=1S/C16H13O5P/c17-14(10-20-22(18)19)12-6-7-15-13(8-12)9-16(21-15)11-4-2-1-3-5-11/h1-9,22H,10H2,(H,18,19). The summed E-state index contributed by atoms with van der Waals surface area (Å²) in [6, 6.07) is 16.5. The van der Waals surface area contributed by atoms with E-state index < -0.39 is 14.9 Å². The van der Waals surface area contributed by atoms with Gasteiger partial charge in [-0.15, -0.1) is 0 Å². The van der Waals surface area contributed by atoms with Crippen molar-refractivity contribution < 1.29 is 23.2 Å². The van der Waals surface area contributed by atoms with Crippen molar-refractivity contribution in [2.75, 3.05) is 6.61 Å². The predicted octanol–water partition coefficient (Wildman–Crippen LogP) is 3.68. The van der Waals surface area contributed by atoms with Crippen LogP contribution in [0, 0.1) is 0 Å². The SMILES string of the molecule is O=C(CO[PH](=O)O)c1ccc2oc(-c3ccccc3)cc2c1. The van der Waals surface area contributed by atoms with Crippen LogP contribution in [-0.2, 0) is 9.09 Å². The van der Waals surface area contributed by atoms with E-state index in [1.54, 1.807) is 18.2 Å². The Hall–Kier alpha value is -2.20. The summed E-state index contributed by atoms with van der Waals surface area (Å²) in [6.45, 7) is -0.413. The molecular formula is C16H13O5P. The number of hydrogen-bond acceptors (Lipinski definition) is 4. The highest BCUT2D eigenvalue weighted by atomic mass is 31.1. The zero-order valence-corrected chi connectivity index (χ0v) is 12.5. The molecule has 0 spiro atoms. The number of ketones is 1. The van der Waals surface area contributed by atoms with Crippen LogP contribution in [-0.4, -0.2) is 17.3 Å². The number of carbonyl (C=O) groups is 1. The minimum atomic E-state index is -3.10. The predicted molar refractivity (Wildman–Crippen MR) is 83.2 cm³/mol. The number of carbonyl (C=O) groups excluding carboxylic acids is 1. The van der Waals surface area contributed by atoms with Gasteiger partial charge in [0.05, 0.1) is 0 Å². The lowest BCUT2D eigenvalue weighted by Crippen LogP contribution is -2.05. The molecule has 0 bridgehead atoms.